The molecule has 0 aliphatic heterocycles. The van der Waals surface area contributed by atoms with E-state index in [0.717, 1.165) is 16.9 Å². The molecular formula is C18H18N4O. The Balaban J connectivity index is 2.01. The zero-order valence-corrected chi connectivity index (χ0v) is 13.4. The maximum atomic E-state index is 12.6. The van der Waals surface area contributed by atoms with E-state index in [4.69, 9.17) is 0 Å². The highest BCUT2D eigenvalue weighted by Gasteiger charge is 2.11. The molecule has 0 saturated carbocycles. The number of pyridine rings is 1. The van der Waals surface area contributed by atoms with Crippen molar-refractivity contribution in [1.82, 2.24) is 14.8 Å². The van der Waals surface area contributed by atoms with E-state index < -0.39 is 0 Å². The average molecular weight is 306 g/mol. The molecule has 2 heterocycles. The fourth-order valence-electron chi connectivity index (χ4n) is 2.32. The molecule has 0 saturated heterocycles. The van der Waals surface area contributed by atoms with Crippen LogP contribution in [0, 0.1) is 20.8 Å². The van der Waals surface area contributed by atoms with Gasteiger partial charge in [-0.15, -0.1) is 0 Å². The van der Waals surface area contributed by atoms with E-state index >= 15 is 0 Å². The summed E-state index contributed by atoms with van der Waals surface area (Å²) in [6.45, 7) is 5.94. The van der Waals surface area contributed by atoms with Gasteiger partial charge in [-0.3, -0.25) is 9.89 Å². The molecule has 0 amide bonds. The number of aromatic nitrogens is 3. The molecule has 0 fully saturated rings. The van der Waals surface area contributed by atoms with E-state index in [0.29, 0.717) is 11.4 Å². The first kappa shape index (κ1) is 15.0. The highest BCUT2D eigenvalue weighted by atomic mass is 16.1. The third-order valence-electron chi connectivity index (χ3n) is 3.84. The quantitative estimate of drug-likeness (QED) is 0.755. The molecule has 23 heavy (non-hydrogen) atoms. The Morgan fingerprint density at radius 1 is 1.13 bits per heavy atom. The molecule has 1 N–H and O–H groups in total. The minimum Gasteiger partial charge on any atom is -0.295 e. The smallest absolute Gasteiger partial charge is 0.280 e. The summed E-state index contributed by atoms with van der Waals surface area (Å²) in [6.07, 6.45) is 3.23. The summed E-state index contributed by atoms with van der Waals surface area (Å²) in [4.78, 5) is 21.0. The van der Waals surface area contributed by atoms with Crippen LogP contribution in [0.4, 0.5) is 5.82 Å². The number of hydrogen-bond acceptors (Lipinski definition) is 3. The Morgan fingerprint density at radius 2 is 1.96 bits per heavy atom. The highest BCUT2D eigenvalue weighted by Crippen LogP contribution is 2.13. The number of benzene rings is 1. The number of aryl methyl sites for hydroxylation is 3. The van der Waals surface area contributed by atoms with E-state index in [9.17, 15) is 4.79 Å². The largest absolute Gasteiger partial charge is 0.295 e. The van der Waals surface area contributed by atoms with Crippen LogP contribution in [0.25, 0.3) is 5.69 Å². The lowest BCUT2D eigenvalue weighted by Crippen LogP contribution is -2.17. The van der Waals surface area contributed by atoms with E-state index in [2.05, 4.69) is 15.1 Å². The summed E-state index contributed by atoms with van der Waals surface area (Å²) in [5.41, 5.74) is 4.35. The van der Waals surface area contributed by atoms with Crippen molar-refractivity contribution in [3.8, 4) is 5.69 Å². The van der Waals surface area contributed by atoms with Crippen molar-refractivity contribution >= 4 is 12.0 Å². The van der Waals surface area contributed by atoms with Crippen molar-refractivity contribution in [2.45, 2.75) is 20.8 Å². The average Bonchev–Trinajstić information content (AvgIpc) is 2.84. The third kappa shape index (κ3) is 2.99. The van der Waals surface area contributed by atoms with Crippen LogP contribution in [0.3, 0.4) is 0 Å². The molecule has 5 nitrogen and oxygen atoms in total. The molecule has 0 spiro atoms. The number of H-pyrrole nitrogens is 1. The molecule has 0 bridgehead atoms. The van der Waals surface area contributed by atoms with Crippen LogP contribution in [0.15, 0.2) is 52.4 Å². The predicted octanol–water partition coefficient (Wildman–Crippen LogP) is 3.24. The lowest BCUT2D eigenvalue weighted by molar-refractivity contribution is 0.833. The second-order valence-corrected chi connectivity index (χ2v) is 5.51. The second-order valence-electron chi connectivity index (χ2n) is 5.51. The molecular weight excluding hydrogens is 288 g/mol. The first-order valence-corrected chi connectivity index (χ1v) is 7.40. The zero-order chi connectivity index (χ0) is 16.4. The van der Waals surface area contributed by atoms with Gasteiger partial charge in [0, 0.05) is 18.1 Å². The first-order chi connectivity index (χ1) is 11.1. The van der Waals surface area contributed by atoms with E-state index in [1.807, 2.05) is 51.1 Å². The van der Waals surface area contributed by atoms with Crippen molar-refractivity contribution in [2.24, 2.45) is 4.99 Å². The number of nitrogens with one attached hydrogen (secondary N) is 1. The molecule has 0 aliphatic rings. The Hall–Kier alpha value is -2.95. The molecule has 0 aliphatic carbocycles. The summed E-state index contributed by atoms with van der Waals surface area (Å²) < 4.78 is 1.54. The van der Waals surface area contributed by atoms with E-state index in [1.54, 1.807) is 23.2 Å². The normalized spacial score (nSPS) is 11.3. The van der Waals surface area contributed by atoms with E-state index in [1.165, 1.54) is 5.56 Å². The molecule has 2 aromatic heterocycles. The Labute approximate surface area is 134 Å². The van der Waals surface area contributed by atoms with Gasteiger partial charge in [0.2, 0.25) is 0 Å². The summed E-state index contributed by atoms with van der Waals surface area (Å²) >= 11 is 0. The SMILES string of the molecule is Cc1ccc(-n2[nH]c(C)c(/C=N/c3ccccn3)c2=O)cc1C. The summed E-state index contributed by atoms with van der Waals surface area (Å²) in [6, 6.07) is 11.4. The predicted molar refractivity (Wildman–Crippen MR) is 92.1 cm³/mol. The van der Waals surface area contributed by atoms with Gasteiger partial charge in [-0.1, -0.05) is 12.1 Å². The van der Waals surface area contributed by atoms with Gasteiger partial charge < -0.3 is 0 Å². The summed E-state index contributed by atoms with van der Waals surface area (Å²) in [5, 5.41) is 3.10. The Kier molecular flexibility index (Phi) is 3.93. The molecule has 3 rings (SSSR count). The van der Waals surface area contributed by atoms with Gasteiger partial charge in [-0.2, -0.15) is 0 Å². The molecule has 0 unspecified atom stereocenters. The Morgan fingerprint density at radius 3 is 2.65 bits per heavy atom. The molecule has 116 valence electrons. The summed E-state index contributed by atoms with van der Waals surface area (Å²) in [5.74, 6) is 0.574. The van der Waals surface area contributed by atoms with Gasteiger partial charge in [-0.25, -0.2) is 14.7 Å². The molecule has 5 heteroatoms. The second kappa shape index (κ2) is 6.04. The molecule has 1 aromatic carbocycles. The highest BCUT2D eigenvalue weighted by molar-refractivity contribution is 5.82. The van der Waals surface area contributed by atoms with Crippen molar-refractivity contribution in [1.29, 1.82) is 0 Å². The standard InChI is InChI=1S/C18H18N4O/c1-12-7-8-15(10-13(12)2)22-18(23)16(14(3)21-22)11-20-17-6-4-5-9-19-17/h4-11,21H,1-3H3/b20-11+. The maximum absolute atomic E-state index is 12.6. The van der Waals surface area contributed by atoms with Gasteiger partial charge in [-0.05, 0) is 56.2 Å². The van der Waals surface area contributed by atoms with Crippen LogP contribution < -0.4 is 5.56 Å². The zero-order valence-electron chi connectivity index (χ0n) is 13.4. The van der Waals surface area contributed by atoms with Crippen molar-refractivity contribution in [3.05, 3.63) is 75.3 Å². The van der Waals surface area contributed by atoms with E-state index in [-0.39, 0.29) is 5.56 Å². The van der Waals surface area contributed by atoms with Crippen molar-refractivity contribution in [2.75, 3.05) is 0 Å². The van der Waals surface area contributed by atoms with Gasteiger partial charge >= 0.3 is 0 Å². The van der Waals surface area contributed by atoms with Gasteiger partial charge in [0.15, 0.2) is 5.82 Å². The lowest BCUT2D eigenvalue weighted by Gasteiger charge is -2.05. The molecule has 0 atom stereocenters. The number of nitrogens with zero attached hydrogens (tertiary/aromatic N) is 3. The van der Waals surface area contributed by atoms with Crippen molar-refractivity contribution in [3.63, 3.8) is 0 Å². The number of aromatic amines is 1. The van der Waals surface area contributed by atoms with Crippen molar-refractivity contribution < 1.29 is 0 Å². The fourth-order valence-corrected chi connectivity index (χ4v) is 2.32. The topological polar surface area (TPSA) is 63.0 Å². The number of rotatable bonds is 3. The third-order valence-corrected chi connectivity index (χ3v) is 3.84. The van der Waals surface area contributed by atoms with Crippen LogP contribution in [0.1, 0.15) is 22.4 Å². The van der Waals surface area contributed by atoms with Gasteiger partial charge in [0.25, 0.3) is 5.56 Å². The minimum atomic E-state index is -0.120. The van der Waals surface area contributed by atoms with Crippen LogP contribution in [0.5, 0.6) is 0 Å². The Bertz CT molecular complexity index is 920. The lowest BCUT2D eigenvalue weighted by atomic mass is 10.1. The van der Waals surface area contributed by atoms with Crippen LogP contribution in [-0.4, -0.2) is 21.0 Å². The van der Waals surface area contributed by atoms with Gasteiger partial charge in [0.1, 0.15) is 0 Å². The van der Waals surface area contributed by atoms with Crippen LogP contribution in [0.2, 0.25) is 0 Å². The monoisotopic (exact) mass is 306 g/mol. The van der Waals surface area contributed by atoms with Crippen LogP contribution in [-0.2, 0) is 0 Å². The van der Waals surface area contributed by atoms with Crippen LogP contribution >= 0.6 is 0 Å². The summed E-state index contributed by atoms with van der Waals surface area (Å²) in [7, 11) is 0. The van der Waals surface area contributed by atoms with Gasteiger partial charge in [0.05, 0.1) is 11.3 Å². The molecule has 3 aromatic rings. The fraction of sp³-hybridized carbons (Fsp3) is 0.167. The molecule has 0 radical (unpaired) electrons. The number of aliphatic imine (C=N–C) groups is 1. The maximum Gasteiger partial charge on any atom is 0.280 e. The minimum absolute atomic E-state index is 0.120. The number of hydrogen-bond donors (Lipinski definition) is 1. The first-order valence-electron chi connectivity index (χ1n) is 7.40.